The van der Waals surface area contributed by atoms with E-state index >= 15 is 0 Å². The first-order valence-electron chi connectivity index (χ1n) is 6.00. The SMILES string of the molecule is CC(CC(C)(N)CO)Sc1ccc(S(C)(=O)=O)cc1. The van der Waals surface area contributed by atoms with Gasteiger partial charge in [0, 0.05) is 21.9 Å². The Kier molecular flexibility index (Phi) is 5.43. The van der Waals surface area contributed by atoms with E-state index in [9.17, 15) is 8.42 Å². The number of aliphatic hydroxyl groups excluding tert-OH is 1. The normalized spacial score (nSPS) is 16.9. The van der Waals surface area contributed by atoms with Crippen LogP contribution in [0.5, 0.6) is 0 Å². The molecule has 0 aliphatic rings. The van der Waals surface area contributed by atoms with Crippen LogP contribution in [0.1, 0.15) is 20.3 Å². The number of hydrogen-bond donors (Lipinski definition) is 2. The zero-order valence-corrected chi connectivity index (χ0v) is 13.1. The lowest BCUT2D eigenvalue weighted by Gasteiger charge is -2.25. The van der Waals surface area contributed by atoms with Crippen LogP contribution in [0.25, 0.3) is 0 Å². The van der Waals surface area contributed by atoms with Crippen molar-refractivity contribution < 1.29 is 13.5 Å². The van der Waals surface area contributed by atoms with Gasteiger partial charge in [0.2, 0.25) is 0 Å². The molecule has 1 aromatic carbocycles. The number of nitrogens with two attached hydrogens (primary N) is 1. The third kappa shape index (κ3) is 5.52. The Hall–Kier alpha value is -0.560. The van der Waals surface area contributed by atoms with Crippen LogP contribution in [0.2, 0.25) is 0 Å². The van der Waals surface area contributed by atoms with Crippen LogP contribution < -0.4 is 5.73 Å². The van der Waals surface area contributed by atoms with E-state index in [2.05, 4.69) is 0 Å². The summed E-state index contributed by atoms with van der Waals surface area (Å²) in [4.78, 5) is 1.32. The molecule has 0 aliphatic carbocycles. The van der Waals surface area contributed by atoms with E-state index in [1.807, 2.05) is 13.8 Å². The lowest BCUT2D eigenvalue weighted by molar-refractivity contribution is 0.201. The second-order valence-corrected chi connectivity index (χ2v) is 8.72. The summed E-state index contributed by atoms with van der Waals surface area (Å²) < 4.78 is 22.7. The molecule has 1 aromatic rings. The van der Waals surface area contributed by atoms with Gasteiger partial charge < -0.3 is 10.8 Å². The Morgan fingerprint density at radius 1 is 1.37 bits per heavy atom. The van der Waals surface area contributed by atoms with Crippen molar-refractivity contribution in [3.63, 3.8) is 0 Å². The molecular weight excluding hydrogens is 282 g/mol. The summed E-state index contributed by atoms with van der Waals surface area (Å²) in [6, 6.07) is 6.81. The van der Waals surface area contributed by atoms with Crippen LogP contribution in [-0.2, 0) is 9.84 Å². The number of thioether (sulfide) groups is 1. The maximum absolute atomic E-state index is 11.3. The first kappa shape index (κ1) is 16.5. The summed E-state index contributed by atoms with van der Waals surface area (Å²) in [7, 11) is -3.14. The summed E-state index contributed by atoms with van der Waals surface area (Å²) >= 11 is 1.62. The van der Waals surface area contributed by atoms with E-state index in [0.29, 0.717) is 11.3 Å². The first-order valence-corrected chi connectivity index (χ1v) is 8.78. The van der Waals surface area contributed by atoms with Gasteiger partial charge in [-0.25, -0.2) is 8.42 Å². The number of aliphatic hydroxyl groups is 1. The highest BCUT2D eigenvalue weighted by Gasteiger charge is 2.21. The van der Waals surface area contributed by atoms with Crippen molar-refractivity contribution in [2.24, 2.45) is 5.73 Å². The van der Waals surface area contributed by atoms with Crippen molar-refractivity contribution in [1.29, 1.82) is 0 Å². The maximum atomic E-state index is 11.3. The fourth-order valence-corrected chi connectivity index (χ4v) is 3.61. The first-order chi connectivity index (χ1) is 8.64. The molecule has 0 amide bonds. The van der Waals surface area contributed by atoms with Crippen LogP contribution in [0.3, 0.4) is 0 Å². The van der Waals surface area contributed by atoms with Crippen LogP contribution >= 0.6 is 11.8 Å². The van der Waals surface area contributed by atoms with E-state index in [1.54, 1.807) is 36.0 Å². The minimum atomic E-state index is -3.14. The highest BCUT2D eigenvalue weighted by Crippen LogP contribution is 2.28. The highest BCUT2D eigenvalue weighted by atomic mass is 32.2. The predicted molar refractivity (Wildman–Crippen MR) is 79.2 cm³/mol. The van der Waals surface area contributed by atoms with Gasteiger partial charge in [0.1, 0.15) is 0 Å². The van der Waals surface area contributed by atoms with Gasteiger partial charge in [0.25, 0.3) is 0 Å². The molecule has 3 N–H and O–H groups in total. The van der Waals surface area contributed by atoms with Gasteiger partial charge in [-0.15, -0.1) is 11.8 Å². The molecular formula is C13H21NO3S2. The average molecular weight is 303 g/mol. The molecule has 0 fully saturated rings. The quantitative estimate of drug-likeness (QED) is 0.781. The largest absolute Gasteiger partial charge is 0.394 e. The van der Waals surface area contributed by atoms with Crippen LogP contribution in [0.4, 0.5) is 0 Å². The molecule has 1 rings (SSSR count). The van der Waals surface area contributed by atoms with Crippen molar-refractivity contribution >= 4 is 21.6 Å². The van der Waals surface area contributed by atoms with E-state index in [1.165, 1.54) is 6.26 Å². The lowest BCUT2D eigenvalue weighted by atomic mass is 9.99. The Morgan fingerprint density at radius 3 is 2.32 bits per heavy atom. The fraction of sp³-hybridized carbons (Fsp3) is 0.538. The van der Waals surface area contributed by atoms with Gasteiger partial charge in [-0.1, -0.05) is 6.92 Å². The van der Waals surface area contributed by atoms with Crippen LogP contribution in [0.15, 0.2) is 34.1 Å². The Bertz CT molecular complexity index is 509. The monoisotopic (exact) mass is 303 g/mol. The third-order valence-corrected chi connectivity index (χ3v) is 4.95. The summed E-state index contributed by atoms with van der Waals surface area (Å²) in [5, 5.41) is 9.38. The van der Waals surface area contributed by atoms with Crippen molar-refractivity contribution in [3.8, 4) is 0 Å². The van der Waals surface area contributed by atoms with Crippen LogP contribution in [0, 0.1) is 0 Å². The number of sulfone groups is 1. The minimum Gasteiger partial charge on any atom is -0.394 e. The summed E-state index contributed by atoms with van der Waals surface area (Å²) in [5.74, 6) is 0. The number of rotatable bonds is 6. The van der Waals surface area contributed by atoms with Gasteiger partial charge >= 0.3 is 0 Å². The molecule has 2 unspecified atom stereocenters. The highest BCUT2D eigenvalue weighted by molar-refractivity contribution is 8.00. The van der Waals surface area contributed by atoms with E-state index in [4.69, 9.17) is 10.8 Å². The van der Waals surface area contributed by atoms with Crippen molar-refractivity contribution in [1.82, 2.24) is 0 Å². The predicted octanol–water partition coefficient (Wildman–Crippen LogP) is 1.67. The summed E-state index contributed by atoms with van der Waals surface area (Å²) in [6.45, 7) is 3.80. The standard InChI is InChI=1S/C13H21NO3S2/c1-10(8-13(2,14)9-15)18-11-4-6-12(7-5-11)19(3,16)17/h4-7,10,15H,8-9,14H2,1-3H3. The average Bonchev–Trinajstić information content (AvgIpc) is 2.27. The smallest absolute Gasteiger partial charge is 0.175 e. The summed E-state index contributed by atoms with van der Waals surface area (Å²) in [6.07, 6.45) is 1.88. The second kappa shape index (κ2) is 6.26. The molecule has 0 saturated carbocycles. The lowest BCUT2D eigenvalue weighted by Crippen LogP contribution is -2.42. The van der Waals surface area contributed by atoms with Gasteiger partial charge in [-0.2, -0.15) is 0 Å². The Labute approximate surface area is 119 Å². The number of benzene rings is 1. The van der Waals surface area contributed by atoms with Crippen molar-refractivity contribution in [2.75, 3.05) is 12.9 Å². The van der Waals surface area contributed by atoms with E-state index < -0.39 is 15.4 Å². The molecule has 0 saturated heterocycles. The fourth-order valence-electron chi connectivity index (χ4n) is 1.76. The summed E-state index contributed by atoms with van der Waals surface area (Å²) in [5.41, 5.74) is 5.32. The van der Waals surface area contributed by atoms with Crippen molar-refractivity contribution in [3.05, 3.63) is 24.3 Å². The molecule has 2 atom stereocenters. The number of hydrogen-bond acceptors (Lipinski definition) is 5. The third-order valence-electron chi connectivity index (χ3n) is 2.70. The molecule has 0 heterocycles. The van der Waals surface area contributed by atoms with Crippen LogP contribution in [-0.4, -0.2) is 37.2 Å². The minimum absolute atomic E-state index is 0.0507. The van der Waals surface area contributed by atoms with Gasteiger partial charge in [-0.05, 0) is 37.6 Å². The van der Waals surface area contributed by atoms with E-state index in [-0.39, 0.29) is 11.9 Å². The molecule has 0 aromatic heterocycles. The van der Waals surface area contributed by atoms with Crippen molar-refractivity contribution in [2.45, 2.75) is 40.8 Å². The Balaban J connectivity index is 2.68. The molecule has 0 bridgehead atoms. The van der Waals surface area contributed by atoms with Gasteiger partial charge in [0.05, 0.1) is 11.5 Å². The molecule has 108 valence electrons. The molecule has 0 aliphatic heterocycles. The zero-order valence-electron chi connectivity index (χ0n) is 11.5. The maximum Gasteiger partial charge on any atom is 0.175 e. The molecule has 0 spiro atoms. The topological polar surface area (TPSA) is 80.4 Å². The Morgan fingerprint density at radius 2 is 1.89 bits per heavy atom. The molecule has 4 nitrogen and oxygen atoms in total. The zero-order chi connectivity index (χ0) is 14.7. The van der Waals surface area contributed by atoms with E-state index in [0.717, 1.165) is 4.90 Å². The van der Waals surface area contributed by atoms with Gasteiger partial charge in [0.15, 0.2) is 9.84 Å². The van der Waals surface area contributed by atoms with Gasteiger partial charge in [-0.3, -0.25) is 0 Å². The molecule has 19 heavy (non-hydrogen) atoms. The second-order valence-electron chi connectivity index (χ2n) is 5.19. The molecule has 6 heteroatoms. The molecule has 0 radical (unpaired) electrons.